The first-order valence-electron chi connectivity index (χ1n) is 6.33. The third-order valence-electron chi connectivity index (χ3n) is 3.75. The highest BCUT2D eigenvalue weighted by molar-refractivity contribution is 5.64. The molecule has 0 spiro atoms. The largest absolute Gasteiger partial charge is 0.350 e. The lowest BCUT2D eigenvalue weighted by Crippen LogP contribution is -2.29. The molecule has 0 aliphatic carbocycles. The number of fused-ring (bicyclic) bond motifs is 1. The number of aryl methyl sites for hydroxylation is 1. The van der Waals surface area contributed by atoms with Gasteiger partial charge in [-0.15, -0.1) is 10.2 Å². The van der Waals surface area contributed by atoms with Crippen LogP contribution in [0.1, 0.15) is 19.2 Å². The molecule has 1 aliphatic rings. The molecule has 2 aromatic heterocycles. The van der Waals surface area contributed by atoms with Gasteiger partial charge in [-0.1, -0.05) is 0 Å². The molecular weight excluding hydrogens is 228 g/mol. The predicted molar refractivity (Wildman–Crippen MR) is 69.5 cm³/mol. The number of hydrogen-bond donors (Lipinski definition) is 1. The summed E-state index contributed by atoms with van der Waals surface area (Å²) in [7, 11) is 0. The summed E-state index contributed by atoms with van der Waals surface area (Å²) in [6.07, 6.45) is 4.82. The van der Waals surface area contributed by atoms with Gasteiger partial charge in [-0.2, -0.15) is 0 Å². The van der Waals surface area contributed by atoms with Crippen molar-refractivity contribution in [2.45, 2.75) is 26.3 Å². The van der Waals surface area contributed by atoms with Crippen molar-refractivity contribution < 1.29 is 0 Å². The lowest BCUT2D eigenvalue weighted by atomic mass is 10.1. The van der Waals surface area contributed by atoms with E-state index in [0.29, 0.717) is 12.0 Å². The molecule has 96 valence electrons. The standard InChI is InChI=1S/C12H18N6/c1-8-5-10(6-13)7-18(8)11-12-16-15-9(2)17(12)4-3-14-11/h3-4,8,10H,5-7,13H2,1-2H3. The first-order valence-corrected chi connectivity index (χ1v) is 6.33. The van der Waals surface area contributed by atoms with Crippen LogP contribution in [-0.2, 0) is 0 Å². The zero-order valence-corrected chi connectivity index (χ0v) is 10.7. The van der Waals surface area contributed by atoms with Gasteiger partial charge in [0.15, 0.2) is 5.82 Å². The number of hydrogen-bond acceptors (Lipinski definition) is 5. The smallest absolute Gasteiger partial charge is 0.203 e. The molecule has 6 heteroatoms. The maximum absolute atomic E-state index is 5.77. The lowest BCUT2D eigenvalue weighted by Gasteiger charge is -2.22. The predicted octanol–water partition coefficient (Wildman–Crippen LogP) is 0.606. The molecule has 2 unspecified atom stereocenters. The summed E-state index contributed by atoms with van der Waals surface area (Å²) < 4.78 is 1.98. The summed E-state index contributed by atoms with van der Waals surface area (Å²) in [4.78, 5) is 6.78. The second-order valence-electron chi connectivity index (χ2n) is 5.03. The van der Waals surface area contributed by atoms with E-state index in [2.05, 4.69) is 27.0 Å². The highest BCUT2D eigenvalue weighted by atomic mass is 15.3. The van der Waals surface area contributed by atoms with Crippen molar-refractivity contribution in [2.75, 3.05) is 18.0 Å². The Labute approximate surface area is 106 Å². The van der Waals surface area contributed by atoms with Gasteiger partial charge in [0.1, 0.15) is 5.82 Å². The van der Waals surface area contributed by atoms with Gasteiger partial charge < -0.3 is 10.6 Å². The van der Waals surface area contributed by atoms with E-state index >= 15 is 0 Å². The van der Waals surface area contributed by atoms with E-state index in [1.54, 1.807) is 6.20 Å². The van der Waals surface area contributed by atoms with E-state index in [9.17, 15) is 0 Å². The van der Waals surface area contributed by atoms with Crippen LogP contribution in [0.3, 0.4) is 0 Å². The second-order valence-corrected chi connectivity index (χ2v) is 5.03. The monoisotopic (exact) mass is 246 g/mol. The number of rotatable bonds is 2. The average molecular weight is 246 g/mol. The summed E-state index contributed by atoms with van der Waals surface area (Å²) in [5, 5.41) is 8.34. The third kappa shape index (κ3) is 1.64. The van der Waals surface area contributed by atoms with Gasteiger partial charge in [0.05, 0.1) is 0 Å². The van der Waals surface area contributed by atoms with Gasteiger partial charge >= 0.3 is 0 Å². The van der Waals surface area contributed by atoms with Crippen molar-refractivity contribution in [3.63, 3.8) is 0 Å². The SMILES string of the molecule is Cc1nnc2c(N3CC(CN)CC3C)nccn12. The number of nitrogens with zero attached hydrogens (tertiary/aromatic N) is 5. The van der Waals surface area contributed by atoms with E-state index in [1.165, 1.54) is 0 Å². The quantitative estimate of drug-likeness (QED) is 0.840. The summed E-state index contributed by atoms with van der Waals surface area (Å²) in [5.41, 5.74) is 6.61. The topological polar surface area (TPSA) is 72.3 Å². The molecule has 1 saturated heterocycles. The van der Waals surface area contributed by atoms with E-state index in [-0.39, 0.29) is 0 Å². The molecule has 2 aromatic rings. The molecule has 0 bridgehead atoms. The fraction of sp³-hybridized carbons (Fsp3) is 0.583. The van der Waals surface area contributed by atoms with Crippen molar-refractivity contribution >= 4 is 11.5 Å². The van der Waals surface area contributed by atoms with Gasteiger partial charge in [0.25, 0.3) is 0 Å². The molecule has 0 radical (unpaired) electrons. The molecule has 2 atom stereocenters. The Kier molecular flexibility index (Phi) is 2.66. The number of anilines is 1. The molecular formula is C12H18N6. The Balaban J connectivity index is 2.04. The fourth-order valence-corrected chi connectivity index (χ4v) is 2.74. The summed E-state index contributed by atoms with van der Waals surface area (Å²) in [5.74, 6) is 2.35. The molecule has 6 nitrogen and oxygen atoms in total. The zero-order valence-electron chi connectivity index (χ0n) is 10.7. The Morgan fingerprint density at radius 1 is 1.44 bits per heavy atom. The second kappa shape index (κ2) is 4.20. The van der Waals surface area contributed by atoms with Crippen LogP contribution in [0.2, 0.25) is 0 Å². The van der Waals surface area contributed by atoms with Crippen LogP contribution in [0, 0.1) is 12.8 Å². The molecule has 1 aliphatic heterocycles. The van der Waals surface area contributed by atoms with Gasteiger partial charge in [-0.05, 0) is 32.7 Å². The van der Waals surface area contributed by atoms with Crippen molar-refractivity contribution in [1.29, 1.82) is 0 Å². The minimum atomic E-state index is 0.453. The van der Waals surface area contributed by atoms with Crippen LogP contribution >= 0.6 is 0 Å². The summed E-state index contributed by atoms with van der Waals surface area (Å²) in [6.45, 7) is 5.84. The van der Waals surface area contributed by atoms with Gasteiger partial charge in [-0.3, -0.25) is 4.40 Å². The lowest BCUT2D eigenvalue weighted by molar-refractivity contribution is 0.579. The van der Waals surface area contributed by atoms with Crippen molar-refractivity contribution in [1.82, 2.24) is 19.6 Å². The van der Waals surface area contributed by atoms with Crippen molar-refractivity contribution in [3.8, 4) is 0 Å². The van der Waals surface area contributed by atoms with Gasteiger partial charge in [0, 0.05) is 25.0 Å². The molecule has 18 heavy (non-hydrogen) atoms. The highest BCUT2D eigenvalue weighted by Crippen LogP contribution is 2.29. The van der Waals surface area contributed by atoms with Gasteiger partial charge in [-0.25, -0.2) is 4.98 Å². The first kappa shape index (κ1) is 11.4. The molecule has 0 aromatic carbocycles. The molecule has 1 fully saturated rings. The van der Waals surface area contributed by atoms with E-state index in [1.807, 2.05) is 17.5 Å². The van der Waals surface area contributed by atoms with Crippen LogP contribution in [0.25, 0.3) is 5.65 Å². The number of aromatic nitrogens is 4. The molecule has 0 saturated carbocycles. The van der Waals surface area contributed by atoms with Gasteiger partial charge in [0.2, 0.25) is 5.65 Å². The van der Waals surface area contributed by atoms with E-state index in [4.69, 9.17) is 5.73 Å². The van der Waals surface area contributed by atoms with Crippen LogP contribution in [0.15, 0.2) is 12.4 Å². The zero-order chi connectivity index (χ0) is 12.7. The normalized spacial score (nSPS) is 24.1. The molecule has 3 heterocycles. The maximum Gasteiger partial charge on any atom is 0.203 e. The molecule has 0 amide bonds. The van der Waals surface area contributed by atoms with Crippen LogP contribution < -0.4 is 10.6 Å². The van der Waals surface area contributed by atoms with E-state index < -0.39 is 0 Å². The van der Waals surface area contributed by atoms with Crippen LogP contribution in [0.5, 0.6) is 0 Å². The minimum Gasteiger partial charge on any atom is -0.350 e. The molecule has 3 rings (SSSR count). The van der Waals surface area contributed by atoms with Crippen LogP contribution in [-0.4, -0.2) is 38.7 Å². The Morgan fingerprint density at radius 3 is 3.00 bits per heavy atom. The third-order valence-corrected chi connectivity index (χ3v) is 3.75. The molecule has 2 N–H and O–H groups in total. The minimum absolute atomic E-state index is 0.453. The highest BCUT2D eigenvalue weighted by Gasteiger charge is 2.30. The Morgan fingerprint density at radius 2 is 2.28 bits per heavy atom. The van der Waals surface area contributed by atoms with Crippen molar-refractivity contribution in [3.05, 3.63) is 18.2 Å². The maximum atomic E-state index is 5.77. The van der Waals surface area contributed by atoms with Crippen molar-refractivity contribution in [2.24, 2.45) is 11.7 Å². The Bertz CT molecular complexity index is 563. The Hall–Kier alpha value is -1.69. The van der Waals surface area contributed by atoms with E-state index in [0.717, 1.165) is 36.8 Å². The average Bonchev–Trinajstić information content (AvgIpc) is 2.93. The summed E-state index contributed by atoms with van der Waals surface area (Å²) in [6, 6.07) is 0.453. The summed E-state index contributed by atoms with van der Waals surface area (Å²) >= 11 is 0. The number of nitrogens with two attached hydrogens (primary N) is 1. The fourth-order valence-electron chi connectivity index (χ4n) is 2.74. The first-order chi connectivity index (χ1) is 8.70. The van der Waals surface area contributed by atoms with Crippen LogP contribution in [0.4, 0.5) is 5.82 Å².